The van der Waals surface area contributed by atoms with E-state index in [-0.39, 0.29) is 11.8 Å². The Balaban J connectivity index is 1.61. The normalized spacial score (nSPS) is 19.0. The maximum atomic E-state index is 10.6. The molecule has 32 heavy (non-hydrogen) atoms. The lowest BCUT2D eigenvalue weighted by molar-refractivity contribution is -0.0203. The minimum atomic E-state index is -0.594. The average Bonchev–Trinajstić information content (AvgIpc) is 3.25. The largest absolute Gasteiger partial charge is 0.507 e. The molecule has 2 heterocycles. The first kappa shape index (κ1) is 21.0. The van der Waals surface area contributed by atoms with Gasteiger partial charge in [-0.25, -0.2) is 5.01 Å². The number of nitrogens with zero attached hydrogens (tertiary/aromatic N) is 2. The Morgan fingerprint density at radius 3 is 2.62 bits per heavy atom. The Morgan fingerprint density at radius 1 is 1.03 bits per heavy atom. The van der Waals surface area contributed by atoms with E-state index in [4.69, 9.17) is 30.9 Å². The van der Waals surface area contributed by atoms with Crippen LogP contribution in [-0.4, -0.2) is 30.0 Å². The molecule has 0 saturated carbocycles. The number of halogens is 2. The van der Waals surface area contributed by atoms with Crippen LogP contribution in [0.1, 0.15) is 35.4 Å². The number of phenolic OH excluding ortho intramolecular Hbond substituents is 1. The molecule has 6 nitrogen and oxygen atoms in total. The van der Waals surface area contributed by atoms with Crippen LogP contribution in [0.2, 0.25) is 5.02 Å². The SMILES string of the molecule is COc1ccc(C2=NN3[C@H](C2)c2cc(Cl)ccc2O[C@H]3c2cc(Br)ccc2O)cc1OC. The Hall–Kier alpha value is -2.90. The molecule has 2 atom stereocenters. The van der Waals surface area contributed by atoms with E-state index in [2.05, 4.69) is 15.9 Å². The second-order valence-electron chi connectivity index (χ2n) is 7.57. The van der Waals surface area contributed by atoms with Crippen LogP contribution in [0.3, 0.4) is 0 Å². The molecule has 0 saturated heterocycles. The van der Waals surface area contributed by atoms with Crippen molar-refractivity contribution in [2.45, 2.75) is 18.7 Å². The second kappa shape index (κ2) is 8.22. The van der Waals surface area contributed by atoms with Crippen LogP contribution >= 0.6 is 27.5 Å². The van der Waals surface area contributed by atoms with Gasteiger partial charge >= 0.3 is 0 Å². The van der Waals surface area contributed by atoms with Gasteiger partial charge in [-0.1, -0.05) is 27.5 Å². The maximum absolute atomic E-state index is 10.6. The summed E-state index contributed by atoms with van der Waals surface area (Å²) in [5, 5.41) is 18.0. The highest BCUT2D eigenvalue weighted by Gasteiger charge is 2.42. The van der Waals surface area contributed by atoms with Gasteiger partial charge < -0.3 is 19.3 Å². The fraction of sp³-hybridized carbons (Fsp3) is 0.208. The molecule has 0 amide bonds. The number of phenols is 1. The number of benzene rings is 3. The van der Waals surface area contributed by atoms with Crippen LogP contribution in [0.4, 0.5) is 0 Å². The number of fused-ring (bicyclic) bond motifs is 3. The lowest BCUT2D eigenvalue weighted by Crippen LogP contribution is -2.33. The van der Waals surface area contributed by atoms with Crippen LogP contribution in [0.25, 0.3) is 0 Å². The van der Waals surface area contributed by atoms with Crippen molar-refractivity contribution in [3.63, 3.8) is 0 Å². The summed E-state index contributed by atoms with van der Waals surface area (Å²) in [5.41, 5.74) is 3.40. The molecule has 8 heteroatoms. The fourth-order valence-corrected chi connectivity index (χ4v) is 4.74. The van der Waals surface area contributed by atoms with E-state index in [1.807, 2.05) is 41.4 Å². The molecule has 3 aromatic carbocycles. The zero-order chi connectivity index (χ0) is 22.4. The number of ether oxygens (including phenoxy) is 3. The van der Waals surface area contributed by atoms with Gasteiger partial charge in [0.25, 0.3) is 0 Å². The summed E-state index contributed by atoms with van der Waals surface area (Å²) in [7, 11) is 3.22. The maximum Gasteiger partial charge on any atom is 0.217 e. The summed E-state index contributed by atoms with van der Waals surface area (Å²) >= 11 is 9.80. The van der Waals surface area contributed by atoms with Gasteiger partial charge in [-0.3, -0.25) is 0 Å². The first-order valence-corrected chi connectivity index (χ1v) is 11.2. The molecule has 0 unspecified atom stereocenters. The van der Waals surface area contributed by atoms with Gasteiger partial charge in [0.15, 0.2) is 11.5 Å². The summed E-state index contributed by atoms with van der Waals surface area (Å²) in [4.78, 5) is 0. The Kier molecular flexibility index (Phi) is 5.39. The molecule has 0 aliphatic carbocycles. The molecular formula is C24H20BrClN2O4. The third-order valence-corrected chi connectivity index (χ3v) is 6.45. The van der Waals surface area contributed by atoms with E-state index >= 15 is 0 Å². The van der Waals surface area contributed by atoms with Crippen molar-refractivity contribution in [2.75, 3.05) is 14.2 Å². The van der Waals surface area contributed by atoms with Crippen molar-refractivity contribution in [1.82, 2.24) is 5.01 Å². The van der Waals surface area contributed by atoms with Crippen molar-refractivity contribution in [3.05, 3.63) is 80.8 Å². The Labute approximate surface area is 199 Å². The quantitative estimate of drug-likeness (QED) is 0.457. The molecule has 0 fully saturated rings. The van der Waals surface area contributed by atoms with E-state index in [9.17, 15) is 5.11 Å². The van der Waals surface area contributed by atoms with Crippen LogP contribution in [0.15, 0.2) is 64.2 Å². The van der Waals surface area contributed by atoms with Gasteiger partial charge in [0.05, 0.1) is 31.5 Å². The Morgan fingerprint density at radius 2 is 1.84 bits per heavy atom. The van der Waals surface area contributed by atoms with Crippen LogP contribution in [0.5, 0.6) is 23.0 Å². The van der Waals surface area contributed by atoms with Gasteiger partial charge in [0.1, 0.15) is 11.5 Å². The van der Waals surface area contributed by atoms with Crippen molar-refractivity contribution in [1.29, 1.82) is 0 Å². The molecule has 164 valence electrons. The van der Waals surface area contributed by atoms with Gasteiger partial charge in [-0.15, -0.1) is 0 Å². The lowest BCUT2D eigenvalue weighted by Gasteiger charge is -2.38. The fourth-order valence-electron chi connectivity index (χ4n) is 4.18. The number of hydrazone groups is 1. The van der Waals surface area contributed by atoms with Gasteiger partial charge in [-0.05, 0) is 54.6 Å². The molecule has 0 bridgehead atoms. The molecule has 1 N–H and O–H groups in total. The topological polar surface area (TPSA) is 63.5 Å². The average molecular weight is 516 g/mol. The molecular weight excluding hydrogens is 496 g/mol. The third kappa shape index (κ3) is 3.55. The summed E-state index contributed by atoms with van der Waals surface area (Å²) in [6.45, 7) is 0. The molecule has 2 aliphatic rings. The first-order chi connectivity index (χ1) is 15.5. The van der Waals surface area contributed by atoms with E-state index in [0.29, 0.717) is 28.5 Å². The summed E-state index contributed by atoms with van der Waals surface area (Å²) in [6.07, 6.45) is 0.0566. The third-order valence-electron chi connectivity index (χ3n) is 5.72. The highest BCUT2D eigenvalue weighted by molar-refractivity contribution is 9.10. The van der Waals surface area contributed by atoms with Crippen molar-refractivity contribution in [2.24, 2.45) is 5.10 Å². The summed E-state index contributed by atoms with van der Waals surface area (Å²) in [5.74, 6) is 2.16. The number of aromatic hydroxyl groups is 1. The van der Waals surface area contributed by atoms with Crippen molar-refractivity contribution >= 4 is 33.2 Å². The minimum absolute atomic E-state index is 0.0936. The molecule has 2 aliphatic heterocycles. The standard InChI is InChI=1S/C24H20BrClN2O4/c1-30-22-7-3-13(9-23(22)31-2)18-12-19-16-11-15(26)5-8-21(16)32-24(28(19)27-18)17-10-14(25)4-6-20(17)29/h3-11,19,24,29H,12H2,1-2H3/t19-,24+/m1/s1. The van der Waals surface area contributed by atoms with E-state index in [0.717, 1.165) is 27.1 Å². The monoisotopic (exact) mass is 514 g/mol. The molecule has 0 spiro atoms. The van der Waals surface area contributed by atoms with Gasteiger partial charge in [0, 0.05) is 27.0 Å². The molecule has 3 aromatic rings. The van der Waals surface area contributed by atoms with Crippen LogP contribution in [-0.2, 0) is 0 Å². The molecule has 5 rings (SSSR count). The van der Waals surface area contributed by atoms with Gasteiger partial charge in [0.2, 0.25) is 6.23 Å². The second-order valence-corrected chi connectivity index (χ2v) is 8.92. The van der Waals surface area contributed by atoms with E-state index < -0.39 is 6.23 Å². The van der Waals surface area contributed by atoms with Crippen LogP contribution < -0.4 is 14.2 Å². The zero-order valence-corrected chi connectivity index (χ0v) is 19.7. The van der Waals surface area contributed by atoms with E-state index in [1.54, 1.807) is 32.4 Å². The van der Waals surface area contributed by atoms with Crippen molar-refractivity contribution in [3.8, 4) is 23.0 Å². The van der Waals surface area contributed by atoms with Crippen LogP contribution in [0, 0.1) is 0 Å². The van der Waals surface area contributed by atoms with Gasteiger partial charge in [-0.2, -0.15) is 5.10 Å². The summed E-state index contributed by atoms with van der Waals surface area (Å²) < 4.78 is 18.0. The first-order valence-electron chi connectivity index (χ1n) is 10.0. The zero-order valence-electron chi connectivity index (χ0n) is 17.4. The molecule has 0 aromatic heterocycles. The predicted octanol–water partition coefficient (Wildman–Crippen LogP) is 6.07. The smallest absolute Gasteiger partial charge is 0.217 e. The number of methoxy groups -OCH3 is 2. The van der Waals surface area contributed by atoms with E-state index in [1.165, 1.54) is 0 Å². The highest BCUT2D eigenvalue weighted by atomic mass is 79.9. The predicted molar refractivity (Wildman–Crippen MR) is 126 cm³/mol. The Bertz CT molecular complexity index is 1230. The number of hydrogen-bond acceptors (Lipinski definition) is 6. The number of hydrogen-bond donors (Lipinski definition) is 1. The number of rotatable bonds is 4. The molecule has 0 radical (unpaired) electrons. The van der Waals surface area contributed by atoms with Crippen molar-refractivity contribution < 1.29 is 19.3 Å². The lowest BCUT2D eigenvalue weighted by atomic mass is 9.95. The minimum Gasteiger partial charge on any atom is -0.507 e. The summed E-state index contributed by atoms with van der Waals surface area (Å²) in [6, 6.07) is 16.5. The highest BCUT2D eigenvalue weighted by Crippen LogP contribution is 2.49.